The number of nitrogens with zero attached hydrogens (tertiary/aromatic N) is 2. The minimum atomic E-state index is -0.829. The normalized spacial score (nSPS) is 19.7. The summed E-state index contributed by atoms with van der Waals surface area (Å²) >= 11 is 1.47. The molecule has 27 heavy (non-hydrogen) atoms. The predicted molar refractivity (Wildman–Crippen MR) is 103 cm³/mol. The summed E-state index contributed by atoms with van der Waals surface area (Å²) in [7, 11) is 0. The Morgan fingerprint density at radius 3 is 2.78 bits per heavy atom. The molecule has 2 aromatic rings. The molecule has 1 fully saturated rings. The van der Waals surface area contributed by atoms with Gasteiger partial charge in [0.2, 0.25) is 5.91 Å². The number of rotatable bonds is 6. The Labute approximate surface area is 162 Å². The van der Waals surface area contributed by atoms with Crippen LogP contribution in [0.25, 0.3) is 0 Å². The Morgan fingerprint density at radius 2 is 2.07 bits per heavy atom. The number of carbonyl (C=O) groups is 2. The summed E-state index contributed by atoms with van der Waals surface area (Å²) in [6.07, 6.45) is 1.54. The van der Waals surface area contributed by atoms with E-state index in [0.29, 0.717) is 25.3 Å². The van der Waals surface area contributed by atoms with Crippen LogP contribution in [0.3, 0.4) is 0 Å². The van der Waals surface area contributed by atoms with Crippen LogP contribution in [-0.2, 0) is 22.6 Å². The quantitative estimate of drug-likeness (QED) is 0.821. The van der Waals surface area contributed by atoms with Crippen molar-refractivity contribution in [2.24, 2.45) is 5.92 Å². The second kappa shape index (κ2) is 8.52. The fourth-order valence-corrected chi connectivity index (χ4v) is 4.06. The van der Waals surface area contributed by atoms with Crippen LogP contribution in [-0.4, -0.2) is 39.5 Å². The topological polar surface area (TPSA) is 79.7 Å². The Morgan fingerprint density at radius 1 is 1.33 bits per heavy atom. The second-order valence-corrected chi connectivity index (χ2v) is 7.87. The van der Waals surface area contributed by atoms with Gasteiger partial charge in [0.05, 0.1) is 18.0 Å². The lowest BCUT2D eigenvalue weighted by molar-refractivity contribution is -0.148. The molecule has 1 aromatic heterocycles. The number of hydrogen-bond donors (Lipinski definition) is 1. The molecular formula is C20H24N2O4S. The molecular weight excluding hydrogens is 364 g/mol. The van der Waals surface area contributed by atoms with Crippen molar-refractivity contribution in [3.8, 4) is 5.75 Å². The lowest BCUT2D eigenvalue weighted by Gasteiger charge is -2.37. The van der Waals surface area contributed by atoms with Crippen molar-refractivity contribution in [3.05, 3.63) is 45.9 Å². The van der Waals surface area contributed by atoms with Gasteiger partial charge < -0.3 is 14.7 Å². The molecule has 2 heterocycles. The van der Waals surface area contributed by atoms with Gasteiger partial charge in [-0.1, -0.05) is 17.7 Å². The maximum absolute atomic E-state index is 12.6. The summed E-state index contributed by atoms with van der Waals surface area (Å²) in [6.45, 7) is 4.81. The highest BCUT2D eigenvalue weighted by atomic mass is 32.1. The Kier molecular flexibility index (Phi) is 6.11. The van der Waals surface area contributed by atoms with E-state index in [4.69, 9.17) is 4.74 Å². The van der Waals surface area contributed by atoms with Gasteiger partial charge >= 0.3 is 5.97 Å². The average Bonchev–Trinajstić information content (AvgIpc) is 3.08. The molecule has 1 amide bonds. The van der Waals surface area contributed by atoms with E-state index in [2.05, 4.69) is 4.98 Å². The van der Waals surface area contributed by atoms with Crippen LogP contribution in [0.15, 0.2) is 29.6 Å². The summed E-state index contributed by atoms with van der Waals surface area (Å²) < 4.78 is 5.73. The molecule has 6 nitrogen and oxygen atoms in total. The van der Waals surface area contributed by atoms with Crippen molar-refractivity contribution in [1.29, 1.82) is 0 Å². The second-order valence-electron chi connectivity index (χ2n) is 6.93. The molecule has 1 aliphatic heterocycles. The monoisotopic (exact) mass is 388 g/mol. The highest BCUT2D eigenvalue weighted by molar-refractivity contribution is 7.09. The lowest BCUT2D eigenvalue weighted by atomic mass is 9.90. The van der Waals surface area contributed by atoms with E-state index in [1.165, 1.54) is 16.9 Å². The molecule has 0 unspecified atom stereocenters. The van der Waals surface area contributed by atoms with E-state index >= 15 is 0 Å². The highest BCUT2D eigenvalue weighted by Crippen LogP contribution is 2.25. The molecule has 0 bridgehead atoms. The van der Waals surface area contributed by atoms with Crippen molar-refractivity contribution in [1.82, 2.24) is 9.88 Å². The van der Waals surface area contributed by atoms with Crippen molar-refractivity contribution >= 4 is 23.2 Å². The maximum Gasteiger partial charge on any atom is 0.308 e. The first-order valence-corrected chi connectivity index (χ1v) is 9.97. The van der Waals surface area contributed by atoms with Gasteiger partial charge in [0, 0.05) is 18.0 Å². The molecule has 0 saturated carbocycles. The SMILES string of the molecule is Cc1ccc(OCc2nc(CC(=O)N3CCC[C@@H](C(=O)O)[C@H]3C)cs2)cc1. The van der Waals surface area contributed by atoms with Gasteiger partial charge in [0.15, 0.2) is 0 Å². The standard InChI is InChI=1S/C20H24N2O4S/c1-13-5-7-16(8-6-13)26-11-18-21-15(12-27-18)10-19(23)22-9-3-4-17(14(22)2)20(24)25/h5-8,12,14,17H,3-4,9-11H2,1-2H3,(H,24,25)/t14-,17-/m1/s1. The molecule has 1 N–H and O–H groups in total. The third-order valence-corrected chi connectivity index (χ3v) is 5.81. The van der Waals surface area contributed by atoms with Crippen LogP contribution in [0.4, 0.5) is 0 Å². The van der Waals surface area contributed by atoms with Crippen molar-refractivity contribution in [3.63, 3.8) is 0 Å². The minimum absolute atomic E-state index is 0.0650. The van der Waals surface area contributed by atoms with E-state index in [1.807, 2.05) is 43.5 Å². The van der Waals surface area contributed by atoms with Crippen molar-refractivity contribution < 1.29 is 19.4 Å². The molecule has 7 heteroatoms. The van der Waals surface area contributed by atoms with Crippen LogP contribution in [0.2, 0.25) is 0 Å². The number of benzene rings is 1. The van der Waals surface area contributed by atoms with Gasteiger partial charge in [-0.05, 0) is 38.8 Å². The number of carboxylic acids is 1. The highest BCUT2D eigenvalue weighted by Gasteiger charge is 2.35. The summed E-state index contributed by atoms with van der Waals surface area (Å²) in [4.78, 5) is 30.1. The smallest absolute Gasteiger partial charge is 0.308 e. The molecule has 2 atom stereocenters. The largest absolute Gasteiger partial charge is 0.486 e. The van der Waals surface area contributed by atoms with Crippen molar-refractivity contribution in [2.45, 2.75) is 45.8 Å². The molecule has 1 saturated heterocycles. The van der Waals surface area contributed by atoms with Crippen molar-refractivity contribution in [2.75, 3.05) is 6.54 Å². The fraction of sp³-hybridized carbons (Fsp3) is 0.450. The number of carbonyl (C=O) groups excluding carboxylic acids is 1. The lowest BCUT2D eigenvalue weighted by Crippen LogP contribution is -2.49. The molecule has 3 rings (SSSR count). The van der Waals surface area contributed by atoms with Gasteiger partial charge in [0.25, 0.3) is 0 Å². The Hall–Kier alpha value is -2.41. The number of piperidine rings is 1. The third kappa shape index (κ3) is 4.86. The molecule has 0 aliphatic carbocycles. The van der Waals surface area contributed by atoms with Gasteiger partial charge in [-0.2, -0.15) is 0 Å². The number of carboxylic acid groups (broad SMARTS) is 1. The fourth-order valence-electron chi connectivity index (χ4n) is 3.36. The zero-order valence-electron chi connectivity index (χ0n) is 15.6. The average molecular weight is 388 g/mol. The first kappa shape index (κ1) is 19.4. The van der Waals surface area contributed by atoms with Gasteiger partial charge in [-0.3, -0.25) is 9.59 Å². The van der Waals surface area contributed by atoms with E-state index in [1.54, 1.807) is 4.90 Å². The van der Waals surface area contributed by atoms with Crippen LogP contribution in [0, 0.1) is 12.8 Å². The first-order chi connectivity index (χ1) is 12.9. The van der Waals surface area contributed by atoms with E-state index in [-0.39, 0.29) is 18.4 Å². The van der Waals surface area contributed by atoms with Crippen LogP contribution in [0.1, 0.15) is 36.0 Å². The number of hydrogen-bond acceptors (Lipinski definition) is 5. The van der Waals surface area contributed by atoms with Gasteiger partial charge in [0.1, 0.15) is 17.4 Å². The minimum Gasteiger partial charge on any atom is -0.486 e. The number of amides is 1. The summed E-state index contributed by atoms with van der Waals surface area (Å²) in [5.41, 5.74) is 1.88. The van der Waals surface area contributed by atoms with Crippen LogP contribution < -0.4 is 4.74 Å². The van der Waals surface area contributed by atoms with Gasteiger partial charge in [-0.25, -0.2) is 4.98 Å². The number of ether oxygens (including phenoxy) is 1. The molecule has 1 aliphatic rings. The molecule has 0 radical (unpaired) electrons. The van der Waals surface area contributed by atoms with Crippen LogP contribution >= 0.6 is 11.3 Å². The number of likely N-dealkylation sites (tertiary alicyclic amines) is 1. The third-order valence-electron chi connectivity index (χ3n) is 4.94. The maximum atomic E-state index is 12.6. The number of aliphatic carboxylic acids is 1. The molecule has 0 spiro atoms. The summed E-state index contributed by atoms with van der Waals surface area (Å²) in [5, 5.41) is 12.0. The van der Waals surface area contributed by atoms with Gasteiger partial charge in [-0.15, -0.1) is 11.3 Å². The van der Waals surface area contributed by atoms with Crippen LogP contribution in [0.5, 0.6) is 5.75 Å². The molecule has 1 aromatic carbocycles. The molecule has 144 valence electrons. The van der Waals surface area contributed by atoms with E-state index in [9.17, 15) is 14.7 Å². The van der Waals surface area contributed by atoms with E-state index in [0.717, 1.165) is 17.2 Å². The summed E-state index contributed by atoms with van der Waals surface area (Å²) in [5.74, 6) is -0.596. The number of thiazole rings is 1. The first-order valence-electron chi connectivity index (χ1n) is 9.09. The summed E-state index contributed by atoms with van der Waals surface area (Å²) in [6, 6.07) is 7.54. The Balaban J connectivity index is 1.56. The number of aromatic nitrogens is 1. The predicted octanol–water partition coefficient (Wildman–Crippen LogP) is 3.28. The number of aryl methyl sites for hydroxylation is 1. The van der Waals surface area contributed by atoms with E-state index < -0.39 is 11.9 Å². The Bertz CT molecular complexity index is 803. The zero-order valence-corrected chi connectivity index (χ0v) is 16.4. The zero-order chi connectivity index (χ0) is 19.4.